The van der Waals surface area contributed by atoms with Crippen LogP contribution in [0.25, 0.3) is 0 Å². The van der Waals surface area contributed by atoms with Crippen molar-refractivity contribution in [2.75, 3.05) is 19.7 Å². The summed E-state index contributed by atoms with van der Waals surface area (Å²) >= 11 is 0. The van der Waals surface area contributed by atoms with Crippen molar-refractivity contribution in [3.05, 3.63) is 18.1 Å². The zero-order valence-corrected chi connectivity index (χ0v) is 12.7. The Kier molecular flexibility index (Phi) is 3.57. The Bertz CT molecular complexity index is 536. The van der Waals surface area contributed by atoms with Gasteiger partial charge in [0.05, 0.1) is 5.54 Å². The van der Waals surface area contributed by atoms with Crippen molar-refractivity contribution >= 4 is 5.91 Å². The van der Waals surface area contributed by atoms with Crippen molar-refractivity contribution < 1.29 is 9.53 Å². The van der Waals surface area contributed by atoms with Crippen LogP contribution in [0.15, 0.2) is 12.5 Å². The third-order valence-electron chi connectivity index (χ3n) is 4.27. The molecule has 21 heavy (non-hydrogen) atoms. The maximum Gasteiger partial charge on any atom is 0.224 e. The average molecular weight is 290 g/mol. The van der Waals surface area contributed by atoms with Crippen molar-refractivity contribution in [1.82, 2.24) is 20.6 Å². The topological polar surface area (TPSA) is 76.1 Å². The molecule has 2 N–H and O–H groups in total. The summed E-state index contributed by atoms with van der Waals surface area (Å²) in [5.41, 5.74) is 0.473. The number of fused-ring (bicyclic) bond motifs is 1. The van der Waals surface area contributed by atoms with Gasteiger partial charge in [0.15, 0.2) is 0 Å². The molecule has 2 aliphatic rings. The highest BCUT2D eigenvalue weighted by atomic mass is 16.5. The minimum atomic E-state index is -0.418. The van der Waals surface area contributed by atoms with Crippen LogP contribution in [-0.4, -0.2) is 41.1 Å². The molecular weight excluding hydrogens is 268 g/mol. The Morgan fingerprint density at radius 2 is 2.19 bits per heavy atom. The van der Waals surface area contributed by atoms with Gasteiger partial charge in [-0.2, -0.15) is 0 Å². The number of ether oxygens (including phenoxy) is 1. The second kappa shape index (κ2) is 5.26. The molecular formula is C15H22N4O2. The van der Waals surface area contributed by atoms with Gasteiger partial charge in [-0.25, -0.2) is 9.97 Å². The Hall–Kier alpha value is -1.69. The molecule has 3 atom stereocenters. The van der Waals surface area contributed by atoms with Crippen molar-refractivity contribution in [2.24, 2.45) is 17.8 Å². The molecule has 0 unspecified atom stereocenters. The van der Waals surface area contributed by atoms with Gasteiger partial charge in [0.1, 0.15) is 12.9 Å². The van der Waals surface area contributed by atoms with E-state index in [1.165, 1.54) is 6.33 Å². The molecule has 1 aliphatic heterocycles. The molecule has 2 heterocycles. The van der Waals surface area contributed by atoms with Gasteiger partial charge in [0, 0.05) is 17.7 Å². The lowest BCUT2D eigenvalue weighted by Crippen LogP contribution is -2.49. The standard InChI is InChI=1S/C15H22N4O2/c1-9-4-17-8-18-14(9)21-7-15(2,3)19-13(20)12-10-5-16-6-11(10)12/h4,8,10-12,16H,5-7H2,1-3H3,(H,19,20)/t10-,11+,12+. The molecule has 1 saturated carbocycles. The Labute approximate surface area is 124 Å². The molecule has 1 saturated heterocycles. The van der Waals surface area contributed by atoms with Gasteiger partial charge in [-0.1, -0.05) is 0 Å². The van der Waals surface area contributed by atoms with E-state index in [0.29, 0.717) is 24.3 Å². The summed E-state index contributed by atoms with van der Waals surface area (Å²) in [5.74, 6) is 1.97. The third kappa shape index (κ3) is 3.00. The van der Waals surface area contributed by atoms with Gasteiger partial charge >= 0.3 is 0 Å². The summed E-state index contributed by atoms with van der Waals surface area (Å²) in [6.45, 7) is 8.17. The maximum absolute atomic E-state index is 12.3. The molecule has 1 aromatic heterocycles. The number of carbonyl (C=O) groups excluding carboxylic acids is 1. The number of hydrogen-bond donors (Lipinski definition) is 2. The van der Waals surface area contributed by atoms with Gasteiger partial charge in [0.2, 0.25) is 11.8 Å². The minimum Gasteiger partial charge on any atom is -0.475 e. The fraction of sp³-hybridized carbons (Fsp3) is 0.667. The summed E-state index contributed by atoms with van der Waals surface area (Å²) in [7, 11) is 0. The van der Waals surface area contributed by atoms with E-state index in [0.717, 1.165) is 18.7 Å². The van der Waals surface area contributed by atoms with Gasteiger partial charge in [-0.15, -0.1) is 0 Å². The van der Waals surface area contributed by atoms with Crippen LogP contribution in [0.5, 0.6) is 5.88 Å². The number of nitrogens with zero attached hydrogens (tertiary/aromatic N) is 2. The SMILES string of the molecule is Cc1cncnc1OCC(C)(C)NC(=O)[C@H]1[C@@H]2CNC[C@@H]21. The number of piperidine rings is 1. The zero-order chi connectivity index (χ0) is 15.0. The van der Waals surface area contributed by atoms with Crippen LogP contribution < -0.4 is 15.4 Å². The van der Waals surface area contributed by atoms with E-state index in [1.54, 1.807) is 6.20 Å². The first-order chi connectivity index (χ1) is 9.98. The zero-order valence-electron chi connectivity index (χ0n) is 12.7. The van der Waals surface area contributed by atoms with Crippen molar-refractivity contribution in [1.29, 1.82) is 0 Å². The summed E-state index contributed by atoms with van der Waals surface area (Å²) in [6.07, 6.45) is 3.18. The quantitative estimate of drug-likeness (QED) is 0.827. The lowest BCUT2D eigenvalue weighted by Gasteiger charge is -2.26. The molecule has 114 valence electrons. The number of aryl methyl sites for hydroxylation is 1. The van der Waals surface area contributed by atoms with E-state index >= 15 is 0 Å². The van der Waals surface area contributed by atoms with Gasteiger partial charge in [-0.3, -0.25) is 4.79 Å². The van der Waals surface area contributed by atoms with Gasteiger partial charge < -0.3 is 15.4 Å². The first-order valence-electron chi connectivity index (χ1n) is 7.40. The fourth-order valence-electron chi connectivity index (χ4n) is 3.05. The van der Waals surface area contributed by atoms with E-state index in [-0.39, 0.29) is 11.8 Å². The first-order valence-corrected chi connectivity index (χ1v) is 7.40. The molecule has 0 radical (unpaired) electrons. The van der Waals surface area contributed by atoms with Crippen LogP contribution in [0.1, 0.15) is 19.4 Å². The number of aromatic nitrogens is 2. The monoisotopic (exact) mass is 290 g/mol. The molecule has 6 heteroatoms. The number of hydrogen-bond acceptors (Lipinski definition) is 5. The van der Waals surface area contributed by atoms with Crippen LogP contribution in [0.4, 0.5) is 0 Å². The smallest absolute Gasteiger partial charge is 0.224 e. The Balaban J connectivity index is 1.52. The summed E-state index contributed by atoms with van der Waals surface area (Å²) in [5, 5.41) is 6.40. The van der Waals surface area contributed by atoms with E-state index < -0.39 is 5.54 Å². The number of carbonyl (C=O) groups is 1. The molecule has 0 aromatic carbocycles. The summed E-state index contributed by atoms with van der Waals surface area (Å²) < 4.78 is 5.72. The van der Waals surface area contributed by atoms with Crippen molar-refractivity contribution in [3.8, 4) is 5.88 Å². The molecule has 1 aromatic rings. The fourth-order valence-corrected chi connectivity index (χ4v) is 3.05. The number of nitrogens with one attached hydrogen (secondary N) is 2. The first kappa shape index (κ1) is 14.3. The normalized spacial score (nSPS) is 27.1. The van der Waals surface area contributed by atoms with E-state index in [9.17, 15) is 4.79 Å². The maximum atomic E-state index is 12.3. The molecule has 0 spiro atoms. The van der Waals surface area contributed by atoms with Crippen LogP contribution in [-0.2, 0) is 4.79 Å². The predicted octanol–water partition coefficient (Wildman–Crippen LogP) is 0.524. The summed E-state index contributed by atoms with van der Waals surface area (Å²) in [6, 6.07) is 0. The molecule has 0 bridgehead atoms. The molecule has 1 amide bonds. The van der Waals surface area contributed by atoms with E-state index in [4.69, 9.17) is 4.74 Å². The van der Waals surface area contributed by atoms with E-state index in [1.807, 2.05) is 20.8 Å². The predicted molar refractivity (Wildman–Crippen MR) is 77.8 cm³/mol. The second-order valence-corrected chi connectivity index (χ2v) is 6.68. The van der Waals surface area contributed by atoms with Gasteiger partial charge in [0.25, 0.3) is 0 Å². The number of rotatable bonds is 5. The average Bonchev–Trinajstić information content (AvgIpc) is 2.92. The molecule has 3 rings (SSSR count). The van der Waals surface area contributed by atoms with Crippen LogP contribution >= 0.6 is 0 Å². The second-order valence-electron chi connectivity index (χ2n) is 6.68. The molecule has 6 nitrogen and oxygen atoms in total. The molecule has 2 fully saturated rings. The Morgan fingerprint density at radius 3 is 2.86 bits per heavy atom. The van der Waals surface area contributed by atoms with Crippen molar-refractivity contribution in [3.63, 3.8) is 0 Å². The third-order valence-corrected chi connectivity index (χ3v) is 4.27. The minimum absolute atomic E-state index is 0.152. The lowest BCUT2D eigenvalue weighted by molar-refractivity contribution is -0.125. The van der Waals surface area contributed by atoms with Crippen LogP contribution in [0.3, 0.4) is 0 Å². The largest absolute Gasteiger partial charge is 0.475 e. The molecule has 1 aliphatic carbocycles. The Morgan fingerprint density at radius 1 is 1.48 bits per heavy atom. The highest BCUT2D eigenvalue weighted by Crippen LogP contribution is 2.48. The van der Waals surface area contributed by atoms with Crippen LogP contribution in [0.2, 0.25) is 0 Å². The highest BCUT2D eigenvalue weighted by Gasteiger charge is 2.57. The van der Waals surface area contributed by atoms with E-state index in [2.05, 4.69) is 20.6 Å². The van der Waals surface area contributed by atoms with Crippen LogP contribution in [0, 0.1) is 24.7 Å². The van der Waals surface area contributed by atoms with Gasteiger partial charge in [-0.05, 0) is 45.7 Å². The summed E-state index contributed by atoms with van der Waals surface area (Å²) in [4.78, 5) is 20.3. The number of amides is 1. The van der Waals surface area contributed by atoms with Crippen molar-refractivity contribution in [2.45, 2.75) is 26.3 Å². The lowest BCUT2D eigenvalue weighted by atomic mass is 10.1. The highest BCUT2D eigenvalue weighted by molar-refractivity contribution is 5.83.